The highest BCUT2D eigenvalue weighted by Crippen LogP contribution is 2.23. The average Bonchev–Trinajstić information content (AvgIpc) is 2.53. The van der Waals surface area contributed by atoms with E-state index in [9.17, 15) is 18.3 Å². The van der Waals surface area contributed by atoms with Crippen molar-refractivity contribution in [3.8, 4) is 0 Å². The van der Waals surface area contributed by atoms with Crippen LogP contribution in [0.3, 0.4) is 0 Å². The zero-order chi connectivity index (χ0) is 17.9. The van der Waals surface area contributed by atoms with Crippen molar-refractivity contribution in [2.75, 3.05) is 7.05 Å². The summed E-state index contributed by atoms with van der Waals surface area (Å²) in [4.78, 5) is 11.6. The van der Waals surface area contributed by atoms with E-state index in [-0.39, 0.29) is 11.3 Å². The van der Waals surface area contributed by atoms with Gasteiger partial charge in [0.15, 0.2) is 0 Å². The molecule has 2 rings (SSSR count). The van der Waals surface area contributed by atoms with Crippen molar-refractivity contribution in [3.63, 3.8) is 0 Å². The third kappa shape index (κ3) is 4.08. The minimum absolute atomic E-state index is 0.0280. The summed E-state index contributed by atoms with van der Waals surface area (Å²) >= 11 is 11.8. The molecule has 5 nitrogen and oxygen atoms in total. The molecule has 0 spiro atoms. The SMILES string of the molecule is CN(C(Cc1ccccc1Cl)C(=O)O)S(=O)(=O)c1ccc(Cl)cc1. The van der Waals surface area contributed by atoms with E-state index in [1.807, 2.05) is 0 Å². The van der Waals surface area contributed by atoms with Gasteiger partial charge in [0, 0.05) is 23.5 Å². The third-order valence-corrected chi connectivity index (χ3v) is 6.09. The fourth-order valence-electron chi connectivity index (χ4n) is 2.18. The quantitative estimate of drug-likeness (QED) is 0.824. The Morgan fingerprint density at radius 1 is 1.12 bits per heavy atom. The molecule has 0 aliphatic heterocycles. The van der Waals surface area contributed by atoms with E-state index in [0.717, 1.165) is 4.31 Å². The molecule has 1 unspecified atom stereocenters. The molecule has 0 aliphatic rings. The smallest absolute Gasteiger partial charge is 0.322 e. The molecule has 0 amide bonds. The number of halogens is 2. The van der Waals surface area contributed by atoms with Crippen LogP contribution >= 0.6 is 23.2 Å². The van der Waals surface area contributed by atoms with Gasteiger partial charge in [-0.15, -0.1) is 0 Å². The van der Waals surface area contributed by atoms with Crippen LogP contribution in [0.5, 0.6) is 0 Å². The van der Waals surface area contributed by atoms with Gasteiger partial charge >= 0.3 is 5.97 Å². The number of carboxylic acid groups (broad SMARTS) is 1. The summed E-state index contributed by atoms with van der Waals surface area (Å²) in [6.45, 7) is 0. The van der Waals surface area contributed by atoms with Gasteiger partial charge in [0.25, 0.3) is 0 Å². The Hall–Kier alpha value is -1.60. The number of hydrogen-bond donors (Lipinski definition) is 1. The number of likely N-dealkylation sites (N-methyl/N-ethyl adjacent to an activating group) is 1. The number of carbonyl (C=O) groups is 1. The molecule has 2 aromatic rings. The van der Waals surface area contributed by atoms with Gasteiger partial charge in [0.1, 0.15) is 6.04 Å². The number of sulfonamides is 1. The third-order valence-electron chi connectivity index (χ3n) is 3.59. The van der Waals surface area contributed by atoms with Crippen molar-refractivity contribution in [2.24, 2.45) is 0 Å². The maximum Gasteiger partial charge on any atom is 0.322 e. The summed E-state index contributed by atoms with van der Waals surface area (Å²) in [5, 5.41) is 10.3. The van der Waals surface area contributed by atoms with Crippen molar-refractivity contribution in [1.29, 1.82) is 0 Å². The van der Waals surface area contributed by atoms with Gasteiger partial charge in [-0.3, -0.25) is 4.79 Å². The Kier molecular flexibility index (Phi) is 5.87. The maximum atomic E-state index is 12.7. The minimum Gasteiger partial charge on any atom is -0.480 e. The van der Waals surface area contributed by atoms with Crippen LogP contribution in [0.2, 0.25) is 10.0 Å². The van der Waals surface area contributed by atoms with E-state index in [4.69, 9.17) is 23.2 Å². The van der Waals surface area contributed by atoms with Crippen LogP contribution < -0.4 is 0 Å². The number of hydrogen-bond acceptors (Lipinski definition) is 3. The maximum absolute atomic E-state index is 12.7. The van der Waals surface area contributed by atoms with E-state index >= 15 is 0 Å². The Morgan fingerprint density at radius 2 is 1.71 bits per heavy atom. The van der Waals surface area contributed by atoms with E-state index < -0.39 is 22.0 Å². The van der Waals surface area contributed by atoms with Gasteiger partial charge < -0.3 is 5.11 Å². The molecule has 24 heavy (non-hydrogen) atoms. The topological polar surface area (TPSA) is 74.7 Å². The molecular weight excluding hydrogens is 373 g/mol. The van der Waals surface area contributed by atoms with Crippen molar-refractivity contribution < 1.29 is 18.3 Å². The molecule has 1 N–H and O–H groups in total. The molecular formula is C16H15Cl2NO4S. The first-order valence-corrected chi connectivity index (χ1v) is 9.13. The number of nitrogens with zero attached hydrogens (tertiary/aromatic N) is 1. The van der Waals surface area contributed by atoms with Crippen LogP contribution in [0.4, 0.5) is 0 Å². The second-order valence-corrected chi connectivity index (χ2v) is 7.97. The number of aliphatic carboxylic acids is 1. The van der Waals surface area contributed by atoms with Gasteiger partial charge in [-0.05, 0) is 35.9 Å². The lowest BCUT2D eigenvalue weighted by Crippen LogP contribution is -2.43. The van der Waals surface area contributed by atoms with E-state index in [1.54, 1.807) is 24.3 Å². The first-order chi connectivity index (χ1) is 11.2. The van der Waals surface area contributed by atoms with Crippen LogP contribution in [0, 0.1) is 0 Å². The van der Waals surface area contributed by atoms with E-state index in [2.05, 4.69) is 0 Å². The van der Waals surface area contributed by atoms with Crippen molar-refractivity contribution in [3.05, 3.63) is 64.1 Å². The minimum atomic E-state index is -3.98. The fraction of sp³-hybridized carbons (Fsp3) is 0.188. The first-order valence-electron chi connectivity index (χ1n) is 6.93. The Morgan fingerprint density at radius 3 is 2.25 bits per heavy atom. The largest absolute Gasteiger partial charge is 0.480 e. The van der Waals surface area contributed by atoms with Gasteiger partial charge in [0.2, 0.25) is 10.0 Å². The number of benzene rings is 2. The second kappa shape index (κ2) is 7.53. The van der Waals surface area contributed by atoms with Crippen LogP contribution in [-0.4, -0.2) is 36.9 Å². The summed E-state index contributed by atoms with van der Waals surface area (Å²) in [6.07, 6.45) is -0.0433. The molecule has 0 heterocycles. The van der Waals surface area contributed by atoms with Crippen LogP contribution in [-0.2, 0) is 21.2 Å². The average molecular weight is 388 g/mol. The number of rotatable bonds is 6. The van der Waals surface area contributed by atoms with Gasteiger partial charge in [0.05, 0.1) is 4.90 Å². The van der Waals surface area contributed by atoms with E-state index in [0.29, 0.717) is 15.6 Å². The zero-order valence-electron chi connectivity index (χ0n) is 12.7. The molecule has 0 saturated carbocycles. The lowest BCUT2D eigenvalue weighted by Gasteiger charge is -2.24. The zero-order valence-corrected chi connectivity index (χ0v) is 15.0. The highest BCUT2D eigenvalue weighted by atomic mass is 35.5. The monoisotopic (exact) mass is 387 g/mol. The first kappa shape index (κ1) is 18.7. The lowest BCUT2D eigenvalue weighted by atomic mass is 10.1. The molecule has 0 saturated heterocycles. The van der Waals surface area contributed by atoms with Gasteiger partial charge in [-0.25, -0.2) is 8.42 Å². The molecule has 8 heteroatoms. The molecule has 0 aromatic heterocycles. The summed E-state index contributed by atoms with van der Waals surface area (Å²) in [7, 11) is -2.75. The second-order valence-electron chi connectivity index (χ2n) is 5.12. The van der Waals surface area contributed by atoms with Crippen LogP contribution in [0.1, 0.15) is 5.56 Å². The molecule has 128 valence electrons. The normalized spacial score (nSPS) is 13.0. The predicted molar refractivity (Wildman–Crippen MR) is 93.0 cm³/mol. The van der Waals surface area contributed by atoms with Crippen molar-refractivity contribution in [2.45, 2.75) is 17.4 Å². The summed E-state index contributed by atoms with van der Waals surface area (Å²) in [6, 6.07) is 11.0. The molecule has 0 radical (unpaired) electrons. The molecule has 0 aliphatic carbocycles. The highest BCUT2D eigenvalue weighted by Gasteiger charge is 2.33. The summed E-state index contributed by atoms with van der Waals surface area (Å²) in [5.41, 5.74) is 0.560. The van der Waals surface area contributed by atoms with E-state index in [1.165, 1.54) is 31.3 Å². The molecule has 0 bridgehead atoms. The summed E-state index contributed by atoms with van der Waals surface area (Å²) < 4.78 is 26.1. The molecule has 1 atom stereocenters. The van der Waals surface area contributed by atoms with Crippen molar-refractivity contribution >= 4 is 39.2 Å². The number of carboxylic acids is 1. The van der Waals surface area contributed by atoms with Gasteiger partial charge in [-0.2, -0.15) is 4.31 Å². The lowest BCUT2D eigenvalue weighted by molar-refractivity contribution is -0.141. The van der Waals surface area contributed by atoms with Crippen LogP contribution in [0.15, 0.2) is 53.4 Å². The van der Waals surface area contributed by atoms with Crippen molar-refractivity contribution in [1.82, 2.24) is 4.31 Å². The summed E-state index contributed by atoms with van der Waals surface area (Å²) in [5.74, 6) is -1.25. The Bertz CT molecular complexity index is 837. The fourth-order valence-corrected chi connectivity index (χ4v) is 3.84. The Labute approximate surface area is 150 Å². The standard InChI is InChI=1S/C16H15Cl2NO4S/c1-19(24(22,23)13-8-6-12(17)7-9-13)15(16(20)21)10-11-4-2-3-5-14(11)18/h2-9,15H,10H2,1H3,(H,20,21). The van der Waals surface area contributed by atoms with Crippen LogP contribution in [0.25, 0.3) is 0 Å². The molecule has 2 aromatic carbocycles. The van der Waals surface area contributed by atoms with Gasteiger partial charge in [-0.1, -0.05) is 41.4 Å². The molecule has 0 fully saturated rings. The predicted octanol–water partition coefficient (Wildman–Crippen LogP) is 3.31. The highest BCUT2D eigenvalue weighted by molar-refractivity contribution is 7.89. The Balaban J connectivity index is 2.35.